The first-order valence-corrected chi connectivity index (χ1v) is 42.6. The predicted octanol–water partition coefficient (Wildman–Crippen LogP) is 2.31. The lowest BCUT2D eigenvalue weighted by Crippen LogP contribution is -2.58. The van der Waals surface area contributed by atoms with E-state index in [9.17, 15) is 81.6 Å². The van der Waals surface area contributed by atoms with Crippen molar-refractivity contribution in [1.29, 1.82) is 0 Å². The average molecular weight is 1730 g/mol. The lowest BCUT2D eigenvalue weighted by atomic mass is 9.64. The minimum atomic E-state index is -2.17. The maximum absolute atomic E-state index is 13.2. The summed E-state index contributed by atoms with van der Waals surface area (Å²) in [6.45, 7) is 12.7. The number of urea groups is 1. The monoisotopic (exact) mass is 1730 g/mol. The molecule has 7 amide bonds. The average Bonchev–Trinajstić information content (AvgIpc) is 1.07. The fourth-order valence-electron chi connectivity index (χ4n) is 14.2. The zero-order chi connectivity index (χ0) is 86.9. The third-order valence-electron chi connectivity index (χ3n) is 20.8. The Morgan fingerprint density at radius 3 is 1.25 bits per heavy atom. The molecule has 4 unspecified atom stereocenters. The number of carbonyl (C=O) groups excluding carboxylic acids is 10. The molecular weight excluding hydrogens is 1630 g/mol. The number of nitrogens with one attached hydrogen (secondary N) is 5. The van der Waals surface area contributed by atoms with Crippen LogP contribution >= 0.6 is 22.7 Å². The van der Waals surface area contributed by atoms with Crippen LogP contribution in [0.1, 0.15) is 114 Å². The number of aliphatic hydroxyl groups is 2. The Kier molecular flexibility index (Phi) is 32.3. The Bertz CT molecular complexity index is 4970. The number of likely N-dealkylation sites (N-methyl/N-ethyl adjacent to an activating group) is 2. The first-order valence-electron chi connectivity index (χ1n) is 38.6. The SMILES string of the molecule is CCN1CCN(S(=O)N[C@@H](C)C(=O)C[C@H]2Cc3cccc(C)c3OB2O)C(=O)C1=O.CCN1CCN(S(=O)N[C@@H](CO)C(=O)C[C@H]2Cc3cccc(C)c3OB2O)C(=O)C1=O.Cc1cccc2c1OB(O)[C@@H](CC(=O)C(NC(=O)CO)c1csc(N)n1)C2.Cc1cccc2c1OB(O)[C@@H](CC(=O)C(NC(=O)Nc1cccnc1)c1csc(N)n1)C2. The number of Topliss-reactive ketones (excluding diaryl/α,β-unsaturated/α-hetero) is 4. The van der Waals surface area contributed by atoms with Gasteiger partial charge in [-0.25, -0.2) is 41.2 Å². The van der Waals surface area contributed by atoms with Crippen LogP contribution in [0.4, 0.5) is 20.7 Å². The third kappa shape index (κ3) is 23.2. The van der Waals surface area contributed by atoms with Crippen molar-refractivity contribution in [1.82, 2.24) is 53.4 Å². The molecule has 2 saturated heterocycles. The van der Waals surface area contributed by atoms with Gasteiger partial charge in [-0.15, -0.1) is 22.7 Å². The van der Waals surface area contributed by atoms with Gasteiger partial charge in [0.1, 0.15) is 53.5 Å². The van der Waals surface area contributed by atoms with Crippen LogP contribution in [0.2, 0.25) is 23.3 Å². The number of rotatable bonds is 27. The van der Waals surface area contributed by atoms with E-state index in [2.05, 4.69) is 40.3 Å². The number of benzene rings is 4. The van der Waals surface area contributed by atoms with E-state index in [0.29, 0.717) is 85.4 Å². The molecule has 2 fully saturated rings. The molecule has 636 valence electrons. The Balaban J connectivity index is 0.000000168. The molecule has 9 heterocycles. The standard InChI is InChI=1S/C21H22BN5O4S.C19H26BN3O7S.C19H26BN3O6S.C17H20BN3O5S/c1-12-4-2-5-13-8-14(22(30)31-19(12)13)9-17(28)18(16-11-32-20(23)26-16)27-21(29)25-15-6-3-7-24-10-15;1-3-22-7-8-23(19(27)18(22)26)31(29)21-15(11-24)16(25)10-14-9-13-6-4-5-12(2)17(13)30-20(14)28;1-4-22-8-9-23(19(26)18(22)25)30(28)21-13(3)16(24)11-15-10-14-7-5-6-12(2)17(14)29-20(15)27;1-9-3-2-4-10-5-11(18(25)26-16(9)10)6-13(23)15(21-14(24)7-22)12-8-27-17(19)20-12/h2-7,10-11,14,18,30H,8-9H2,1H3,(H2,23,26)(H2,25,27,29);4-6,14-15,21,24,28H,3,7-11H2,1-2H3;5-7,13,15,21,27H,4,8-11H2,1-3H3;2-4,8,11,15,22,25H,5-7H2,1H3,(H2,19,20)(H,21,24)/t14-,18?;14-,15+,31?;13-,15+,30?;11-,15?/m1101/s1. The number of para-hydroxylation sites is 4. The summed E-state index contributed by atoms with van der Waals surface area (Å²) in [5.41, 5.74) is 19.8. The summed E-state index contributed by atoms with van der Waals surface area (Å²) < 4.78 is 54.4. The lowest BCUT2D eigenvalue weighted by molar-refractivity contribution is -0.152. The van der Waals surface area contributed by atoms with Crippen LogP contribution in [0.3, 0.4) is 0 Å². The number of fused-ring (bicyclic) bond motifs is 4. The van der Waals surface area contributed by atoms with Gasteiger partial charge in [-0.2, -0.15) is 0 Å². The minimum absolute atomic E-state index is 0.0101. The van der Waals surface area contributed by atoms with Gasteiger partial charge in [-0.1, -0.05) is 72.8 Å². The minimum Gasteiger partial charge on any atom is -0.536 e. The number of carbonyl (C=O) groups is 10. The summed E-state index contributed by atoms with van der Waals surface area (Å²) in [5.74, 6) is -4.66. The summed E-state index contributed by atoms with van der Waals surface area (Å²) in [5, 5.41) is 71.7. The second-order valence-corrected chi connectivity index (χ2v) is 33.4. The van der Waals surface area contributed by atoms with E-state index in [0.717, 1.165) is 64.5 Å². The number of nitrogen functional groups attached to an aromatic ring is 2. The van der Waals surface area contributed by atoms with E-state index >= 15 is 0 Å². The van der Waals surface area contributed by atoms with Gasteiger partial charge < -0.3 is 86.1 Å². The van der Waals surface area contributed by atoms with Crippen molar-refractivity contribution in [3.63, 3.8) is 0 Å². The van der Waals surface area contributed by atoms with Crippen molar-refractivity contribution in [2.75, 3.05) is 69.3 Å². The van der Waals surface area contributed by atoms with Gasteiger partial charge >= 0.3 is 58.1 Å². The number of amides is 7. The number of aryl methyl sites for hydroxylation is 4. The molecule has 15 N–H and O–H groups in total. The van der Waals surface area contributed by atoms with E-state index in [1.54, 1.807) is 49.9 Å². The largest absolute Gasteiger partial charge is 0.536 e. The molecule has 6 aliphatic heterocycles. The smallest absolute Gasteiger partial charge is 0.526 e. The highest BCUT2D eigenvalue weighted by molar-refractivity contribution is 7.81. The summed E-state index contributed by atoms with van der Waals surface area (Å²) in [4.78, 5) is 139. The zero-order valence-corrected chi connectivity index (χ0v) is 70.0. The van der Waals surface area contributed by atoms with E-state index in [4.69, 9.17) is 35.2 Å². The number of thiazole rings is 2. The molecule has 0 radical (unpaired) electrons. The molecule has 6 aliphatic rings. The lowest BCUT2D eigenvalue weighted by Gasteiger charge is -2.32. The quantitative estimate of drug-likeness (QED) is 0.0259. The molecule has 10 atom stereocenters. The summed E-state index contributed by atoms with van der Waals surface area (Å²) in [7, 11) is -4.56. The van der Waals surface area contributed by atoms with Crippen LogP contribution < -0.4 is 55.5 Å². The molecule has 0 spiro atoms. The number of hydrogen-bond donors (Lipinski definition) is 13. The fourth-order valence-corrected chi connectivity index (χ4v) is 17.5. The number of anilines is 3. The molecule has 13 rings (SSSR count). The highest BCUT2D eigenvalue weighted by atomic mass is 32.2. The zero-order valence-electron chi connectivity index (χ0n) is 66.8. The highest BCUT2D eigenvalue weighted by Crippen LogP contribution is 2.41. The van der Waals surface area contributed by atoms with Crippen molar-refractivity contribution < 1.29 is 105 Å². The molecule has 120 heavy (non-hydrogen) atoms. The van der Waals surface area contributed by atoms with Crippen LogP contribution in [0.25, 0.3) is 0 Å². The van der Waals surface area contributed by atoms with Crippen molar-refractivity contribution in [3.8, 4) is 23.0 Å². The predicted molar refractivity (Wildman–Crippen MR) is 448 cm³/mol. The molecule has 36 nitrogen and oxygen atoms in total. The normalized spacial score (nSPS) is 18.8. The number of nitrogens with zero attached hydrogens (tertiary/aromatic N) is 7. The van der Waals surface area contributed by atoms with Crippen molar-refractivity contribution in [2.24, 2.45) is 0 Å². The van der Waals surface area contributed by atoms with Gasteiger partial charge in [0.05, 0.1) is 49.0 Å². The Morgan fingerprint density at radius 2 is 0.900 bits per heavy atom. The maximum atomic E-state index is 13.2. The van der Waals surface area contributed by atoms with Crippen LogP contribution in [0.5, 0.6) is 23.0 Å². The van der Waals surface area contributed by atoms with Crippen molar-refractivity contribution >= 4 is 148 Å². The number of hydrogen-bond acceptors (Lipinski definition) is 29. The van der Waals surface area contributed by atoms with Crippen LogP contribution in [-0.2, 0) is 91.2 Å². The van der Waals surface area contributed by atoms with Gasteiger partial charge in [0.15, 0.2) is 50.0 Å². The second-order valence-electron chi connectivity index (χ2n) is 29.3. The molecule has 44 heteroatoms. The van der Waals surface area contributed by atoms with Gasteiger partial charge in [-0.3, -0.25) is 48.1 Å². The number of aliphatic hydroxyl groups excluding tert-OH is 2. The molecule has 0 aliphatic carbocycles. The second kappa shape index (κ2) is 42.2. The summed E-state index contributed by atoms with van der Waals surface area (Å²) in [6.07, 6.45) is 4.81. The molecule has 0 saturated carbocycles. The molecular formula is C76H94B4N14O22S4. The summed E-state index contributed by atoms with van der Waals surface area (Å²) in [6, 6.07) is 21.4. The Labute approximate surface area is 706 Å². The fraction of sp³-hybridized carbons (Fsp3) is 0.408. The molecule has 4 aromatic carbocycles. The van der Waals surface area contributed by atoms with Gasteiger partial charge in [0, 0.05) is 92.1 Å². The van der Waals surface area contributed by atoms with Gasteiger partial charge in [0.25, 0.3) is 0 Å². The van der Waals surface area contributed by atoms with E-state index in [1.165, 1.54) is 27.3 Å². The van der Waals surface area contributed by atoms with Gasteiger partial charge in [-0.05, 0) is 131 Å². The number of aromatic nitrogens is 3. The number of piperazine rings is 2. The van der Waals surface area contributed by atoms with Crippen LogP contribution in [0.15, 0.2) is 108 Å². The van der Waals surface area contributed by atoms with Crippen molar-refractivity contribution in [2.45, 2.75) is 147 Å². The van der Waals surface area contributed by atoms with Crippen LogP contribution in [-0.4, -0.2) is 224 Å². The number of nitrogens with two attached hydrogens (primary N) is 2. The third-order valence-corrected chi connectivity index (χ3v) is 24.7. The number of pyridine rings is 1. The van der Waals surface area contributed by atoms with E-state index < -0.39 is 153 Å². The van der Waals surface area contributed by atoms with E-state index in [-0.39, 0.29) is 72.9 Å². The van der Waals surface area contributed by atoms with Crippen LogP contribution in [0, 0.1) is 27.7 Å². The van der Waals surface area contributed by atoms with Gasteiger partial charge in [0.2, 0.25) is 5.91 Å². The first kappa shape index (κ1) is 91.9. The molecule has 7 aromatic rings. The molecule has 0 bridgehead atoms. The first-order chi connectivity index (χ1) is 57.3. The van der Waals surface area contributed by atoms with E-state index in [1.807, 2.05) is 100 Å². The highest BCUT2D eigenvalue weighted by Gasteiger charge is 2.45. The maximum Gasteiger partial charge on any atom is 0.526 e. The Hall–Kier alpha value is -10.4. The molecule has 3 aromatic heterocycles. The summed E-state index contributed by atoms with van der Waals surface area (Å²) >= 11 is -1.85. The Morgan fingerprint density at radius 1 is 0.525 bits per heavy atom. The van der Waals surface area contributed by atoms with Crippen molar-refractivity contribution in [3.05, 3.63) is 164 Å². The number of ketones is 4. The topological polar surface area (TPSA) is 527 Å².